The molecule has 5 heteroatoms. The van der Waals surface area contributed by atoms with Gasteiger partial charge in [-0.25, -0.2) is 4.79 Å². The summed E-state index contributed by atoms with van der Waals surface area (Å²) in [6.07, 6.45) is 0. The quantitative estimate of drug-likeness (QED) is 0.746. The number of nitrogens with one attached hydrogen (secondary N) is 1. The fourth-order valence-electron chi connectivity index (χ4n) is 2.31. The monoisotopic (exact) mass is 270 g/mol. The molecular formula is C15H14N2O3. The van der Waals surface area contributed by atoms with E-state index in [1.54, 1.807) is 18.2 Å². The molecule has 1 unspecified atom stereocenters. The topological polar surface area (TPSA) is 84.6 Å². The highest BCUT2D eigenvalue weighted by Gasteiger charge is 2.23. The fourth-order valence-corrected chi connectivity index (χ4v) is 2.31. The van der Waals surface area contributed by atoms with Crippen LogP contribution in [-0.2, 0) is 0 Å². The van der Waals surface area contributed by atoms with E-state index in [2.05, 4.69) is 5.32 Å². The van der Waals surface area contributed by atoms with E-state index in [-0.39, 0.29) is 17.3 Å². The van der Waals surface area contributed by atoms with Crippen LogP contribution in [0.5, 0.6) is 5.75 Å². The highest BCUT2D eigenvalue weighted by molar-refractivity contribution is 5.94. The number of rotatable bonds is 3. The van der Waals surface area contributed by atoms with Crippen LogP contribution in [-0.4, -0.2) is 17.7 Å². The zero-order valence-corrected chi connectivity index (χ0v) is 10.7. The second-order valence-corrected chi connectivity index (χ2v) is 4.65. The number of carbonyl (C=O) groups is 1. The minimum atomic E-state index is -1.03. The Kier molecular flexibility index (Phi) is 2.95. The van der Waals surface area contributed by atoms with Crippen LogP contribution < -0.4 is 15.8 Å². The molecule has 1 heterocycles. The number of aromatic carboxylic acids is 1. The number of nitrogen functional groups attached to an aromatic ring is 1. The summed E-state index contributed by atoms with van der Waals surface area (Å²) in [6, 6.07) is 12.7. The number of fused-ring (bicyclic) bond motifs is 1. The molecule has 20 heavy (non-hydrogen) atoms. The number of nitrogens with two attached hydrogens (primary N) is 1. The van der Waals surface area contributed by atoms with Gasteiger partial charge < -0.3 is 20.9 Å². The highest BCUT2D eigenvalue weighted by Crippen LogP contribution is 2.34. The average Bonchev–Trinajstić information content (AvgIpc) is 2.84. The lowest BCUT2D eigenvalue weighted by atomic mass is 10.1. The lowest BCUT2D eigenvalue weighted by molar-refractivity contribution is 0.0698. The molecule has 1 aliphatic rings. The maximum atomic E-state index is 11.1. The average molecular weight is 270 g/mol. The number of hydrogen-bond acceptors (Lipinski definition) is 4. The van der Waals surface area contributed by atoms with Gasteiger partial charge in [0.25, 0.3) is 0 Å². The predicted octanol–water partition coefficient (Wildman–Crippen LogP) is 2.51. The van der Waals surface area contributed by atoms with Gasteiger partial charge in [0.2, 0.25) is 0 Å². The Morgan fingerprint density at radius 2 is 2.10 bits per heavy atom. The van der Waals surface area contributed by atoms with Crippen LogP contribution >= 0.6 is 0 Å². The molecule has 0 radical (unpaired) electrons. The van der Waals surface area contributed by atoms with Crippen LogP contribution in [0, 0.1) is 0 Å². The third-order valence-corrected chi connectivity index (χ3v) is 3.32. The van der Waals surface area contributed by atoms with E-state index in [1.807, 2.05) is 24.3 Å². The van der Waals surface area contributed by atoms with Gasteiger partial charge in [0.15, 0.2) is 0 Å². The van der Waals surface area contributed by atoms with Crippen molar-refractivity contribution in [2.75, 3.05) is 17.7 Å². The number of carboxylic acid groups (broad SMARTS) is 1. The summed E-state index contributed by atoms with van der Waals surface area (Å²) in [6.45, 7) is 0.520. The summed E-state index contributed by atoms with van der Waals surface area (Å²) in [5.74, 6) is -0.173. The summed E-state index contributed by atoms with van der Waals surface area (Å²) in [5.41, 5.74) is 7.78. The van der Waals surface area contributed by atoms with E-state index in [1.165, 1.54) is 0 Å². The van der Waals surface area contributed by atoms with Gasteiger partial charge in [-0.3, -0.25) is 0 Å². The molecule has 0 spiro atoms. The van der Waals surface area contributed by atoms with Crippen molar-refractivity contribution < 1.29 is 14.6 Å². The van der Waals surface area contributed by atoms with Gasteiger partial charge in [0, 0.05) is 16.9 Å². The van der Waals surface area contributed by atoms with Crippen LogP contribution in [0.15, 0.2) is 42.5 Å². The number of anilines is 2. The molecule has 0 amide bonds. The molecule has 3 rings (SSSR count). The molecule has 1 atom stereocenters. The Balaban J connectivity index is 1.86. The number of benzene rings is 2. The first-order valence-electron chi connectivity index (χ1n) is 6.26. The molecule has 0 bridgehead atoms. The van der Waals surface area contributed by atoms with E-state index in [9.17, 15) is 4.79 Å². The highest BCUT2D eigenvalue weighted by atomic mass is 16.5. The fraction of sp³-hybridized carbons (Fsp3) is 0.133. The Hall–Kier alpha value is -2.69. The van der Waals surface area contributed by atoms with Gasteiger partial charge in [-0.2, -0.15) is 0 Å². The van der Waals surface area contributed by atoms with Crippen LogP contribution in [0.1, 0.15) is 22.0 Å². The Morgan fingerprint density at radius 3 is 2.90 bits per heavy atom. The third kappa shape index (κ3) is 2.14. The van der Waals surface area contributed by atoms with Gasteiger partial charge in [0.1, 0.15) is 12.4 Å². The maximum Gasteiger partial charge on any atom is 0.337 e. The summed E-state index contributed by atoms with van der Waals surface area (Å²) in [7, 11) is 0. The second-order valence-electron chi connectivity index (χ2n) is 4.65. The maximum absolute atomic E-state index is 11.1. The zero-order chi connectivity index (χ0) is 14.1. The van der Waals surface area contributed by atoms with Gasteiger partial charge >= 0.3 is 5.97 Å². The normalized spacial score (nSPS) is 16.3. The number of para-hydroxylation sites is 1. The predicted molar refractivity (Wildman–Crippen MR) is 76.1 cm³/mol. The standard InChI is InChI=1S/C15H14N2O3/c16-12-6-5-9(7-11(12)15(18)19)17-13-8-20-14-4-2-1-3-10(13)14/h1-7,13,17H,8,16H2,(H,18,19). The van der Waals surface area contributed by atoms with Gasteiger partial charge in [-0.05, 0) is 24.3 Å². The summed E-state index contributed by atoms with van der Waals surface area (Å²) in [5, 5.41) is 12.4. The molecule has 0 aliphatic carbocycles. The molecule has 5 nitrogen and oxygen atoms in total. The van der Waals surface area contributed by atoms with E-state index in [0.29, 0.717) is 12.3 Å². The van der Waals surface area contributed by atoms with Crippen molar-refractivity contribution in [1.82, 2.24) is 0 Å². The van der Waals surface area contributed by atoms with Crippen LogP contribution in [0.2, 0.25) is 0 Å². The summed E-state index contributed by atoms with van der Waals surface area (Å²) >= 11 is 0. The van der Waals surface area contributed by atoms with Crippen LogP contribution in [0.25, 0.3) is 0 Å². The molecule has 2 aromatic carbocycles. The Labute approximate surface area is 116 Å². The second kappa shape index (κ2) is 4.77. The Morgan fingerprint density at radius 1 is 1.30 bits per heavy atom. The first kappa shape index (κ1) is 12.3. The Bertz CT molecular complexity index is 670. The molecule has 2 aromatic rings. The molecular weight excluding hydrogens is 256 g/mol. The third-order valence-electron chi connectivity index (χ3n) is 3.32. The largest absolute Gasteiger partial charge is 0.491 e. The van der Waals surface area contributed by atoms with Crippen LogP contribution in [0.3, 0.4) is 0 Å². The van der Waals surface area contributed by atoms with Crippen molar-refractivity contribution in [2.45, 2.75) is 6.04 Å². The lowest BCUT2D eigenvalue weighted by Crippen LogP contribution is -2.13. The minimum absolute atomic E-state index is 0.0106. The first-order chi connectivity index (χ1) is 9.65. The number of ether oxygens (including phenoxy) is 1. The SMILES string of the molecule is Nc1ccc(NC2COc3ccccc32)cc1C(=O)O. The molecule has 0 aromatic heterocycles. The van der Waals surface area contributed by atoms with E-state index >= 15 is 0 Å². The number of carboxylic acids is 1. The molecule has 1 aliphatic heterocycles. The molecule has 102 valence electrons. The zero-order valence-electron chi connectivity index (χ0n) is 10.7. The van der Waals surface area contributed by atoms with Crippen molar-refractivity contribution in [3.05, 3.63) is 53.6 Å². The minimum Gasteiger partial charge on any atom is -0.491 e. The van der Waals surface area contributed by atoms with Crippen molar-refractivity contribution in [1.29, 1.82) is 0 Å². The number of hydrogen-bond donors (Lipinski definition) is 3. The summed E-state index contributed by atoms with van der Waals surface area (Å²) in [4.78, 5) is 11.1. The molecule has 0 saturated carbocycles. The van der Waals surface area contributed by atoms with Gasteiger partial charge in [-0.15, -0.1) is 0 Å². The van der Waals surface area contributed by atoms with E-state index < -0.39 is 5.97 Å². The van der Waals surface area contributed by atoms with Crippen molar-refractivity contribution in [2.24, 2.45) is 0 Å². The lowest BCUT2D eigenvalue weighted by Gasteiger charge is -2.14. The van der Waals surface area contributed by atoms with Crippen molar-refractivity contribution >= 4 is 17.3 Å². The van der Waals surface area contributed by atoms with Gasteiger partial charge in [-0.1, -0.05) is 18.2 Å². The smallest absolute Gasteiger partial charge is 0.337 e. The van der Waals surface area contributed by atoms with Crippen LogP contribution in [0.4, 0.5) is 11.4 Å². The molecule has 0 fully saturated rings. The summed E-state index contributed by atoms with van der Waals surface area (Å²) < 4.78 is 5.58. The molecule has 4 N–H and O–H groups in total. The van der Waals surface area contributed by atoms with E-state index in [0.717, 1.165) is 11.3 Å². The van der Waals surface area contributed by atoms with Crippen molar-refractivity contribution in [3.63, 3.8) is 0 Å². The van der Waals surface area contributed by atoms with Gasteiger partial charge in [0.05, 0.1) is 11.6 Å². The molecule has 0 saturated heterocycles. The van der Waals surface area contributed by atoms with E-state index in [4.69, 9.17) is 15.6 Å². The first-order valence-corrected chi connectivity index (χ1v) is 6.26. The van der Waals surface area contributed by atoms with Crippen molar-refractivity contribution in [3.8, 4) is 5.75 Å².